The fraction of sp³-hybridized carbons (Fsp3) is 0.464. The quantitative estimate of drug-likeness (QED) is 0.204. The van der Waals surface area contributed by atoms with E-state index in [1.807, 2.05) is 46.8 Å². The minimum Gasteiger partial charge on any atom is -0.369 e. The van der Waals surface area contributed by atoms with Crippen LogP contribution in [0.1, 0.15) is 46.2 Å². The zero-order valence-electron chi connectivity index (χ0n) is 23.9. The Bertz CT molecular complexity index is 1440. The number of aromatic nitrogens is 4. The highest BCUT2D eigenvalue weighted by molar-refractivity contribution is 5.99. The first-order chi connectivity index (χ1) is 18.6. The number of hydrogen-bond acceptors (Lipinski definition) is 8. The standard InChI is InChI=1S/C28H39N9O2/c1-8-9-25(32-35(18-38)19(2)3)37-26-23(27(39)36(37)20(4)5)17-29-28(31-26)30-22-10-11-24(21(6)16-22)34-14-12-33(7)13-15-34/h8-11,16-20H,12-15H2,1-7H3,(H,29,30,31)/b9-8-,32-25+. The van der Waals surface area contributed by atoms with Gasteiger partial charge in [-0.05, 0) is 78.4 Å². The van der Waals surface area contributed by atoms with E-state index in [0.717, 1.165) is 31.9 Å². The number of anilines is 3. The molecule has 0 saturated carbocycles. The summed E-state index contributed by atoms with van der Waals surface area (Å²) < 4.78 is 3.25. The number of allylic oxidation sites excluding steroid dienone is 2. The topological polar surface area (TPSA) is 104 Å². The molecule has 4 rings (SSSR count). The van der Waals surface area contributed by atoms with E-state index in [2.05, 4.69) is 51.3 Å². The number of rotatable bonds is 8. The number of nitrogens with zero attached hydrogens (tertiary/aromatic N) is 8. The van der Waals surface area contributed by atoms with Crippen molar-refractivity contribution in [2.75, 3.05) is 43.4 Å². The summed E-state index contributed by atoms with van der Waals surface area (Å²) in [5, 5.41) is 9.55. The van der Waals surface area contributed by atoms with E-state index in [1.54, 1.807) is 21.6 Å². The molecule has 11 heteroatoms. The first-order valence-electron chi connectivity index (χ1n) is 13.4. The highest BCUT2D eigenvalue weighted by Crippen LogP contribution is 2.26. The van der Waals surface area contributed by atoms with E-state index in [9.17, 15) is 9.59 Å². The second-order valence-corrected chi connectivity index (χ2v) is 10.4. The highest BCUT2D eigenvalue weighted by atomic mass is 16.1. The number of piperazine rings is 1. The number of hydrogen-bond donors (Lipinski definition) is 1. The van der Waals surface area contributed by atoms with E-state index in [0.29, 0.717) is 29.2 Å². The van der Waals surface area contributed by atoms with Crippen LogP contribution in [0.25, 0.3) is 11.0 Å². The van der Waals surface area contributed by atoms with Gasteiger partial charge in [0.05, 0.1) is 0 Å². The largest absolute Gasteiger partial charge is 0.369 e. The van der Waals surface area contributed by atoms with Crippen molar-refractivity contribution in [2.24, 2.45) is 5.10 Å². The molecular formula is C28H39N9O2. The summed E-state index contributed by atoms with van der Waals surface area (Å²) in [4.78, 5) is 39.0. The van der Waals surface area contributed by atoms with Gasteiger partial charge in [0.25, 0.3) is 5.56 Å². The van der Waals surface area contributed by atoms with Gasteiger partial charge in [0.15, 0.2) is 11.5 Å². The second-order valence-electron chi connectivity index (χ2n) is 10.4. The lowest BCUT2D eigenvalue weighted by Crippen LogP contribution is -2.44. The molecule has 2 aromatic heterocycles. The van der Waals surface area contributed by atoms with Crippen LogP contribution < -0.4 is 15.8 Å². The summed E-state index contributed by atoms with van der Waals surface area (Å²) in [5.41, 5.74) is 3.43. The Morgan fingerprint density at radius 3 is 2.46 bits per heavy atom. The normalized spacial score (nSPS) is 15.2. The Labute approximate surface area is 229 Å². The summed E-state index contributed by atoms with van der Waals surface area (Å²) in [6.45, 7) is 15.6. The van der Waals surface area contributed by atoms with Crippen LogP contribution >= 0.6 is 0 Å². The molecule has 1 aliphatic rings. The van der Waals surface area contributed by atoms with Gasteiger partial charge >= 0.3 is 0 Å². The molecule has 0 aliphatic carbocycles. The molecule has 1 amide bonds. The van der Waals surface area contributed by atoms with Crippen molar-refractivity contribution in [3.05, 3.63) is 52.5 Å². The van der Waals surface area contributed by atoms with E-state index in [-0.39, 0.29) is 17.6 Å². The molecule has 1 aromatic carbocycles. The van der Waals surface area contributed by atoms with Gasteiger partial charge in [0, 0.05) is 55.8 Å². The number of carbonyl (C=O) groups is 1. The smallest absolute Gasteiger partial charge is 0.278 e. The van der Waals surface area contributed by atoms with Gasteiger partial charge < -0.3 is 15.1 Å². The fourth-order valence-electron chi connectivity index (χ4n) is 4.68. The van der Waals surface area contributed by atoms with Crippen LogP contribution in [0.3, 0.4) is 0 Å². The third-order valence-electron chi connectivity index (χ3n) is 6.80. The second kappa shape index (κ2) is 11.8. The van der Waals surface area contributed by atoms with Crippen molar-refractivity contribution >= 4 is 40.6 Å². The number of likely N-dealkylation sites (N-methyl/N-ethyl adjacent to an activating group) is 1. The van der Waals surface area contributed by atoms with Crippen molar-refractivity contribution in [3.8, 4) is 0 Å². The fourth-order valence-corrected chi connectivity index (χ4v) is 4.68. The maximum Gasteiger partial charge on any atom is 0.278 e. The van der Waals surface area contributed by atoms with Gasteiger partial charge in [0.1, 0.15) is 5.39 Å². The van der Waals surface area contributed by atoms with Gasteiger partial charge in [-0.25, -0.2) is 19.4 Å². The summed E-state index contributed by atoms with van der Waals surface area (Å²) in [7, 11) is 2.15. The van der Waals surface area contributed by atoms with Gasteiger partial charge in [-0.15, -0.1) is 0 Å². The minimum absolute atomic E-state index is 0.160. The predicted molar refractivity (Wildman–Crippen MR) is 157 cm³/mol. The maximum absolute atomic E-state index is 13.4. The van der Waals surface area contributed by atoms with Crippen molar-refractivity contribution in [1.82, 2.24) is 29.2 Å². The Balaban J connectivity index is 1.75. The maximum atomic E-state index is 13.4. The molecule has 208 valence electrons. The van der Waals surface area contributed by atoms with Gasteiger partial charge in [0.2, 0.25) is 12.4 Å². The molecule has 0 bridgehead atoms. The SMILES string of the molecule is C/C=C\C(=N/N(C=O)C(C)C)n1c2nc(Nc3ccc(N4CCN(C)CC4)c(C)c3)ncc2c(=O)n1C(C)C. The van der Waals surface area contributed by atoms with Gasteiger partial charge in [-0.2, -0.15) is 10.1 Å². The van der Waals surface area contributed by atoms with Crippen LogP contribution in [0, 0.1) is 6.92 Å². The van der Waals surface area contributed by atoms with Crippen LogP contribution in [-0.4, -0.2) is 80.8 Å². The van der Waals surface area contributed by atoms with Crippen LogP contribution in [0.2, 0.25) is 0 Å². The third-order valence-corrected chi connectivity index (χ3v) is 6.80. The Morgan fingerprint density at radius 2 is 1.87 bits per heavy atom. The molecule has 1 fully saturated rings. The molecule has 1 aliphatic heterocycles. The van der Waals surface area contributed by atoms with Crippen molar-refractivity contribution < 1.29 is 4.79 Å². The average Bonchev–Trinajstić information content (AvgIpc) is 3.19. The van der Waals surface area contributed by atoms with Crippen LogP contribution in [0.15, 0.2) is 46.4 Å². The summed E-state index contributed by atoms with van der Waals surface area (Å²) in [6.07, 6.45) is 5.79. The van der Waals surface area contributed by atoms with E-state index in [4.69, 9.17) is 4.98 Å². The monoisotopic (exact) mass is 533 g/mol. The molecule has 0 atom stereocenters. The van der Waals surface area contributed by atoms with Crippen molar-refractivity contribution in [2.45, 2.75) is 53.6 Å². The average molecular weight is 534 g/mol. The van der Waals surface area contributed by atoms with E-state index >= 15 is 0 Å². The lowest BCUT2D eigenvalue weighted by molar-refractivity contribution is -0.119. The zero-order chi connectivity index (χ0) is 28.3. The number of benzene rings is 1. The molecule has 0 spiro atoms. The molecule has 1 saturated heterocycles. The molecule has 0 radical (unpaired) electrons. The lowest BCUT2D eigenvalue weighted by atomic mass is 10.1. The summed E-state index contributed by atoms with van der Waals surface area (Å²) in [5.74, 6) is 0.760. The number of amides is 1. The van der Waals surface area contributed by atoms with Gasteiger partial charge in [-0.3, -0.25) is 9.59 Å². The number of carbonyl (C=O) groups excluding carboxylic acids is 1. The summed E-state index contributed by atoms with van der Waals surface area (Å²) in [6, 6.07) is 5.89. The Morgan fingerprint density at radius 1 is 1.15 bits per heavy atom. The number of fused-ring (bicyclic) bond motifs is 1. The molecular weight excluding hydrogens is 494 g/mol. The van der Waals surface area contributed by atoms with E-state index < -0.39 is 0 Å². The van der Waals surface area contributed by atoms with E-state index in [1.165, 1.54) is 16.3 Å². The molecule has 39 heavy (non-hydrogen) atoms. The molecule has 3 aromatic rings. The zero-order valence-corrected chi connectivity index (χ0v) is 23.9. The third kappa shape index (κ3) is 5.88. The van der Waals surface area contributed by atoms with Crippen LogP contribution in [0.4, 0.5) is 17.3 Å². The Hall–Kier alpha value is -3.99. The number of aryl methyl sites for hydroxylation is 1. The molecule has 1 N–H and O–H groups in total. The Kier molecular flexibility index (Phi) is 8.49. The van der Waals surface area contributed by atoms with Crippen LogP contribution in [0.5, 0.6) is 0 Å². The number of nitrogens with one attached hydrogen (secondary N) is 1. The number of hydrazone groups is 1. The van der Waals surface area contributed by atoms with Crippen LogP contribution in [-0.2, 0) is 4.79 Å². The minimum atomic E-state index is -0.224. The van der Waals surface area contributed by atoms with Gasteiger partial charge in [-0.1, -0.05) is 6.08 Å². The first kappa shape index (κ1) is 28.0. The summed E-state index contributed by atoms with van der Waals surface area (Å²) >= 11 is 0. The predicted octanol–water partition coefficient (Wildman–Crippen LogP) is 3.58. The molecule has 3 heterocycles. The molecule has 0 unspecified atom stereocenters. The molecule has 11 nitrogen and oxygen atoms in total. The highest BCUT2D eigenvalue weighted by Gasteiger charge is 2.22. The lowest BCUT2D eigenvalue weighted by Gasteiger charge is -2.35. The van der Waals surface area contributed by atoms with Crippen molar-refractivity contribution in [1.29, 1.82) is 0 Å². The van der Waals surface area contributed by atoms with Crippen molar-refractivity contribution in [3.63, 3.8) is 0 Å². The first-order valence-corrected chi connectivity index (χ1v) is 13.4.